The van der Waals surface area contributed by atoms with Crippen molar-refractivity contribution in [3.05, 3.63) is 34.9 Å². The molecule has 0 N–H and O–H groups in total. The summed E-state index contributed by atoms with van der Waals surface area (Å²) >= 11 is 0. The Morgan fingerprint density at radius 2 is 1.90 bits per heavy atom. The number of carbonyl (C=O) groups excluding carboxylic acids is 1. The number of ether oxygens (including phenoxy) is 2. The minimum atomic E-state index is 0.0940. The van der Waals surface area contributed by atoms with Crippen LogP contribution in [0.2, 0.25) is 0 Å². The zero-order valence-electron chi connectivity index (χ0n) is 12.9. The van der Waals surface area contributed by atoms with Gasteiger partial charge < -0.3 is 9.47 Å². The summed E-state index contributed by atoms with van der Waals surface area (Å²) in [7, 11) is 0. The predicted molar refractivity (Wildman–Crippen MR) is 81.8 cm³/mol. The number of hydrogen-bond donors (Lipinski definition) is 0. The van der Waals surface area contributed by atoms with Crippen LogP contribution < -0.4 is 0 Å². The van der Waals surface area contributed by atoms with Crippen LogP contribution in [0.3, 0.4) is 0 Å². The highest BCUT2D eigenvalue weighted by molar-refractivity contribution is 5.97. The third-order valence-electron chi connectivity index (χ3n) is 4.52. The lowest BCUT2D eigenvalue weighted by Gasteiger charge is -2.31. The van der Waals surface area contributed by atoms with E-state index in [1.54, 1.807) is 0 Å². The molecule has 114 valence electrons. The summed E-state index contributed by atoms with van der Waals surface area (Å²) in [4.78, 5) is 12.3. The van der Waals surface area contributed by atoms with E-state index in [1.807, 2.05) is 6.07 Å². The Morgan fingerprint density at radius 3 is 2.67 bits per heavy atom. The van der Waals surface area contributed by atoms with Crippen LogP contribution in [0.1, 0.15) is 54.6 Å². The Hall–Kier alpha value is -1.19. The summed E-state index contributed by atoms with van der Waals surface area (Å²) in [6.07, 6.45) is 5.79. The Bertz CT molecular complexity index is 513. The molecule has 1 saturated heterocycles. The van der Waals surface area contributed by atoms with E-state index in [0.29, 0.717) is 0 Å². The van der Waals surface area contributed by atoms with Crippen LogP contribution in [-0.2, 0) is 22.3 Å². The largest absolute Gasteiger partial charge is 0.375 e. The molecule has 0 radical (unpaired) electrons. The summed E-state index contributed by atoms with van der Waals surface area (Å²) in [5, 5.41) is 0. The van der Waals surface area contributed by atoms with Gasteiger partial charge in [0.25, 0.3) is 0 Å². The van der Waals surface area contributed by atoms with Crippen LogP contribution in [0, 0.1) is 0 Å². The van der Waals surface area contributed by atoms with Crippen LogP contribution in [0.5, 0.6) is 0 Å². The fourth-order valence-electron chi connectivity index (χ4n) is 3.50. The lowest BCUT2D eigenvalue weighted by molar-refractivity contribution is -0.0975. The molecule has 1 aliphatic heterocycles. The predicted octanol–water partition coefficient (Wildman–Crippen LogP) is 3.33. The molecule has 21 heavy (non-hydrogen) atoms. The number of ketones is 1. The maximum Gasteiger partial charge on any atom is 0.188 e. The van der Waals surface area contributed by atoms with Gasteiger partial charge in [0.05, 0.1) is 18.3 Å². The van der Waals surface area contributed by atoms with Crippen LogP contribution in [-0.4, -0.2) is 30.7 Å². The first-order valence-corrected chi connectivity index (χ1v) is 8.04. The molecule has 1 heterocycles. The highest BCUT2D eigenvalue weighted by Gasteiger charge is 2.25. The number of aryl methyl sites for hydroxylation is 2. The minimum absolute atomic E-state index is 0.0940. The highest BCUT2D eigenvalue weighted by Crippen LogP contribution is 2.24. The summed E-state index contributed by atoms with van der Waals surface area (Å²) in [6, 6.07) is 6.11. The fraction of sp³-hybridized carbons (Fsp3) is 0.611. The van der Waals surface area contributed by atoms with E-state index in [9.17, 15) is 4.79 Å². The number of fused-ring (bicyclic) bond motifs is 1. The third kappa shape index (κ3) is 3.53. The Morgan fingerprint density at radius 1 is 1.19 bits per heavy atom. The molecule has 2 unspecified atom stereocenters. The van der Waals surface area contributed by atoms with Gasteiger partial charge in [0.15, 0.2) is 5.78 Å². The second-order valence-corrected chi connectivity index (χ2v) is 6.42. The Kier molecular flexibility index (Phi) is 4.41. The van der Waals surface area contributed by atoms with Crippen molar-refractivity contribution >= 4 is 5.78 Å². The average molecular weight is 288 g/mol. The van der Waals surface area contributed by atoms with Gasteiger partial charge in [-0.25, -0.2) is 0 Å². The van der Waals surface area contributed by atoms with E-state index in [1.165, 1.54) is 17.5 Å². The van der Waals surface area contributed by atoms with E-state index < -0.39 is 0 Å². The van der Waals surface area contributed by atoms with Gasteiger partial charge in [-0.2, -0.15) is 0 Å². The zero-order chi connectivity index (χ0) is 14.8. The summed E-state index contributed by atoms with van der Waals surface area (Å²) in [5.41, 5.74) is 3.54. The number of benzene rings is 1. The molecule has 2 atom stereocenters. The lowest BCUT2D eigenvalue weighted by atomic mass is 10.0. The smallest absolute Gasteiger partial charge is 0.188 e. The van der Waals surface area contributed by atoms with Gasteiger partial charge in [-0.15, -0.1) is 0 Å². The van der Waals surface area contributed by atoms with Crippen molar-refractivity contribution < 1.29 is 14.3 Å². The van der Waals surface area contributed by atoms with E-state index in [2.05, 4.69) is 26.0 Å². The van der Waals surface area contributed by atoms with Crippen LogP contribution in [0.25, 0.3) is 0 Å². The van der Waals surface area contributed by atoms with Gasteiger partial charge in [-0.05, 0) is 63.1 Å². The number of carbonyl (C=O) groups is 1. The second-order valence-electron chi connectivity index (χ2n) is 6.42. The molecule has 0 aromatic heterocycles. The molecular formula is C18H24O3. The average Bonchev–Trinajstić information content (AvgIpc) is 2.91. The highest BCUT2D eigenvalue weighted by atomic mass is 16.5. The molecule has 0 saturated carbocycles. The first-order valence-electron chi connectivity index (χ1n) is 8.04. The van der Waals surface area contributed by atoms with E-state index in [4.69, 9.17) is 9.47 Å². The molecule has 1 aliphatic carbocycles. The quantitative estimate of drug-likeness (QED) is 0.797. The molecule has 1 fully saturated rings. The number of Topliss-reactive ketones (excluding diaryl/α,β-unsaturated/α-hetero) is 1. The Labute approximate surface area is 126 Å². The van der Waals surface area contributed by atoms with Crippen LogP contribution in [0.4, 0.5) is 0 Å². The molecular weight excluding hydrogens is 264 g/mol. The van der Waals surface area contributed by atoms with Gasteiger partial charge >= 0.3 is 0 Å². The van der Waals surface area contributed by atoms with Gasteiger partial charge in [0.2, 0.25) is 0 Å². The normalized spacial score (nSPS) is 28.4. The summed E-state index contributed by atoms with van der Waals surface area (Å²) in [5.74, 6) is 0.0940. The molecule has 3 nitrogen and oxygen atoms in total. The standard InChI is InChI=1S/C18H24O3/c1-12-8-17(9-13(2)21-12)20-11-18(19)16-7-6-14-4-3-5-15(14)10-16/h6-7,10,12-13,17H,3-5,8-9,11H2,1-2H3. The molecule has 0 amide bonds. The van der Waals surface area contributed by atoms with Crippen LogP contribution >= 0.6 is 0 Å². The first kappa shape index (κ1) is 14.7. The zero-order valence-corrected chi connectivity index (χ0v) is 12.9. The van der Waals surface area contributed by atoms with Crippen molar-refractivity contribution in [3.8, 4) is 0 Å². The van der Waals surface area contributed by atoms with Crippen molar-refractivity contribution in [3.63, 3.8) is 0 Å². The molecule has 3 heteroatoms. The van der Waals surface area contributed by atoms with Crippen molar-refractivity contribution in [1.29, 1.82) is 0 Å². The topological polar surface area (TPSA) is 35.5 Å². The Balaban J connectivity index is 1.56. The summed E-state index contributed by atoms with van der Waals surface area (Å²) < 4.78 is 11.5. The van der Waals surface area contributed by atoms with Crippen molar-refractivity contribution in [2.24, 2.45) is 0 Å². The SMILES string of the molecule is CC1CC(OCC(=O)c2ccc3c(c2)CCC3)CC(C)O1. The lowest BCUT2D eigenvalue weighted by Crippen LogP contribution is -2.35. The number of rotatable bonds is 4. The van der Waals surface area contributed by atoms with E-state index >= 15 is 0 Å². The molecule has 1 aromatic carbocycles. The molecule has 1 aromatic rings. The first-order chi connectivity index (χ1) is 10.1. The monoisotopic (exact) mass is 288 g/mol. The van der Waals surface area contributed by atoms with Crippen molar-refractivity contribution in [2.45, 2.75) is 64.3 Å². The minimum Gasteiger partial charge on any atom is -0.375 e. The third-order valence-corrected chi connectivity index (χ3v) is 4.52. The van der Waals surface area contributed by atoms with E-state index in [-0.39, 0.29) is 30.7 Å². The molecule has 0 bridgehead atoms. The van der Waals surface area contributed by atoms with Crippen LogP contribution in [0.15, 0.2) is 18.2 Å². The van der Waals surface area contributed by atoms with Gasteiger partial charge in [0.1, 0.15) is 6.61 Å². The maximum absolute atomic E-state index is 12.3. The van der Waals surface area contributed by atoms with Crippen molar-refractivity contribution in [1.82, 2.24) is 0 Å². The molecule has 0 spiro atoms. The fourth-order valence-corrected chi connectivity index (χ4v) is 3.50. The van der Waals surface area contributed by atoms with Gasteiger partial charge in [0, 0.05) is 5.56 Å². The summed E-state index contributed by atoms with van der Waals surface area (Å²) in [6.45, 7) is 4.31. The van der Waals surface area contributed by atoms with Gasteiger partial charge in [-0.1, -0.05) is 12.1 Å². The second kappa shape index (κ2) is 6.29. The maximum atomic E-state index is 12.3. The van der Waals surface area contributed by atoms with Gasteiger partial charge in [-0.3, -0.25) is 4.79 Å². The van der Waals surface area contributed by atoms with Crippen molar-refractivity contribution in [2.75, 3.05) is 6.61 Å². The van der Waals surface area contributed by atoms with E-state index in [0.717, 1.165) is 31.2 Å². The molecule has 3 rings (SSSR count). The molecule has 2 aliphatic rings. The number of hydrogen-bond acceptors (Lipinski definition) is 3.